The monoisotopic (exact) mass is 410 g/mol. The van der Waals surface area contributed by atoms with E-state index in [0.717, 1.165) is 10.5 Å². The van der Waals surface area contributed by atoms with Crippen LogP contribution in [0.15, 0.2) is 42.5 Å². The number of carbonyl (C=O) groups excluding carboxylic acids is 3. The molecular formula is C23H26N2O5. The van der Waals surface area contributed by atoms with Crippen molar-refractivity contribution < 1.29 is 23.9 Å². The summed E-state index contributed by atoms with van der Waals surface area (Å²) in [6.07, 6.45) is 0.568. The predicted molar refractivity (Wildman–Crippen MR) is 112 cm³/mol. The zero-order valence-electron chi connectivity index (χ0n) is 17.6. The Morgan fingerprint density at radius 2 is 1.57 bits per heavy atom. The van der Waals surface area contributed by atoms with Gasteiger partial charge in [-0.25, -0.2) is 0 Å². The van der Waals surface area contributed by atoms with Crippen molar-refractivity contribution in [2.75, 3.05) is 20.8 Å². The van der Waals surface area contributed by atoms with Gasteiger partial charge in [0.25, 0.3) is 11.8 Å². The Morgan fingerprint density at radius 1 is 0.967 bits per heavy atom. The normalized spacial score (nSPS) is 14.0. The van der Waals surface area contributed by atoms with Crippen LogP contribution in [0, 0.1) is 5.92 Å². The van der Waals surface area contributed by atoms with Gasteiger partial charge < -0.3 is 14.8 Å². The Kier molecular flexibility index (Phi) is 6.40. The van der Waals surface area contributed by atoms with Gasteiger partial charge in [-0.05, 0) is 42.2 Å². The molecule has 0 aromatic heterocycles. The molecule has 1 atom stereocenters. The SMILES string of the molecule is COc1ccc(CCNC(=O)[C@H](C(C)C)N2C(=O)c3ccccc3C2=O)cc1OC. The number of benzene rings is 2. The average molecular weight is 410 g/mol. The van der Waals surface area contributed by atoms with Crippen LogP contribution in [0.4, 0.5) is 0 Å². The molecule has 3 rings (SSSR count). The fourth-order valence-electron chi connectivity index (χ4n) is 3.65. The molecule has 0 radical (unpaired) electrons. The number of amides is 3. The van der Waals surface area contributed by atoms with Crippen molar-refractivity contribution in [3.63, 3.8) is 0 Å². The number of nitrogens with zero attached hydrogens (tertiary/aromatic N) is 1. The summed E-state index contributed by atoms with van der Waals surface area (Å²) >= 11 is 0. The summed E-state index contributed by atoms with van der Waals surface area (Å²) in [6, 6.07) is 11.3. The Labute approximate surface area is 176 Å². The van der Waals surface area contributed by atoms with Crippen molar-refractivity contribution in [1.29, 1.82) is 0 Å². The van der Waals surface area contributed by atoms with E-state index in [1.54, 1.807) is 38.5 Å². The molecule has 0 saturated carbocycles. The summed E-state index contributed by atoms with van der Waals surface area (Å²) in [4.78, 5) is 39.6. The summed E-state index contributed by atoms with van der Waals surface area (Å²) < 4.78 is 10.5. The number of nitrogens with one attached hydrogen (secondary N) is 1. The molecule has 0 fully saturated rings. The summed E-state index contributed by atoms with van der Waals surface area (Å²) in [5, 5.41) is 2.87. The van der Waals surface area contributed by atoms with E-state index in [1.807, 2.05) is 32.0 Å². The number of imide groups is 1. The number of carbonyl (C=O) groups is 3. The summed E-state index contributed by atoms with van der Waals surface area (Å²) in [6.45, 7) is 4.00. The van der Waals surface area contributed by atoms with Gasteiger partial charge in [0.15, 0.2) is 11.5 Å². The number of fused-ring (bicyclic) bond motifs is 1. The van der Waals surface area contributed by atoms with Crippen LogP contribution >= 0.6 is 0 Å². The largest absolute Gasteiger partial charge is 0.493 e. The molecular weight excluding hydrogens is 384 g/mol. The van der Waals surface area contributed by atoms with Crippen LogP contribution in [0.1, 0.15) is 40.1 Å². The third-order valence-corrected chi connectivity index (χ3v) is 5.16. The maximum atomic E-state index is 12.9. The second-order valence-corrected chi connectivity index (χ2v) is 7.45. The van der Waals surface area contributed by atoms with Crippen molar-refractivity contribution in [2.24, 2.45) is 5.92 Å². The fraction of sp³-hybridized carbons (Fsp3) is 0.348. The van der Waals surface area contributed by atoms with Crippen LogP contribution in [0.3, 0.4) is 0 Å². The topological polar surface area (TPSA) is 84.9 Å². The molecule has 7 heteroatoms. The van der Waals surface area contributed by atoms with E-state index >= 15 is 0 Å². The van der Waals surface area contributed by atoms with Gasteiger partial charge in [0.1, 0.15) is 6.04 Å². The Hall–Kier alpha value is -3.35. The van der Waals surface area contributed by atoms with E-state index in [0.29, 0.717) is 35.6 Å². The molecule has 1 aliphatic heterocycles. The smallest absolute Gasteiger partial charge is 0.262 e. The lowest BCUT2D eigenvalue weighted by molar-refractivity contribution is -0.126. The minimum Gasteiger partial charge on any atom is -0.493 e. The van der Waals surface area contributed by atoms with E-state index in [2.05, 4.69) is 5.32 Å². The molecule has 2 aromatic rings. The van der Waals surface area contributed by atoms with E-state index in [-0.39, 0.29) is 11.8 Å². The number of hydrogen-bond acceptors (Lipinski definition) is 5. The predicted octanol–water partition coefficient (Wildman–Crippen LogP) is 2.68. The zero-order valence-corrected chi connectivity index (χ0v) is 17.6. The number of methoxy groups -OCH3 is 2. The minimum atomic E-state index is -0.872. The van der Waals surface area contributed by atoms with Crippen molar-refractivity contribution in [3.05, 3.63) is 59.2 Å². The highest BCUT2D eigenvalue weighted by atomic mass is 16.5. The van der Waals surface area contributed by atoms with Crippen LogP contribution in [-0.2, 0) is 11.2 Å². The number of rotatable bonds is 8. The quantitative estimate of drug-likeness (QED) is 0.677. The lowest BCUT2D eigenvalue weighted by atomic mass is 10.0. The molecule has 1 N–H and O–H groups in total. The molecule has 0 spiro atoms. The average Bonchev–Trinajstić information content (AvgIpc) is 2.99. The van der Waals surface area contributed by atoms with Crippen molar-refractivity contribution in [3.8, 4) is 11.5 Å². The van der Waals surface area contributed by atoms with Crippen LogP contribution in [0.2, 0.25) is 0 Å². The highest BCUT2D eigenvalue weighted by Crippen LogP contribution is 2.28. The first-order chi connectivity index (χ1) is 14.4. The van der Waals surface area contributed by atoms with Gasteiger partial charge in [0.05, 0.1) is 25.3 Å². The molecule has 2 aromatic carbocycles. The van der Waals surface area contributed by atoms with Gasteiger partial charge in [0, 0.05) is 6.54 Å². The third-order valence-electron chi connectivity index (χ3n) is 5.16. The highest BCUT2D eigenvalue weighted by molar-refractivity contribution is 6.22. The standard InChI is InChI=1S/C23H26N2O5/c1-14(2)20(25-22(27)16-7-5-6-8-17(16)23(25)28)21(26)24-12-11-15-9-10-18(29-3)19(13-15)30-4/h5-10,13-14,20H,11-12H2,1-4H3,(H,24,26)/t20-/m0/s1. The minimum absolute atomic E-state index is 0.228. The molecule has 1 aliphatic rings. The van der Waals surface area contributed by atoms with Crippen LogP contribution in [-0.4, -0.2) is 49.4 Å². The maximum absolute atomic E-state index is 12.9. The van der Waals surface area contributed by atoms with Gasteiger partial charge in [0.2, 0.25) is 5.91 Å². The number of hydrogen-bond donors (Lipinski definition) is 1. The third kappa shape index (κ3) is 4.01. The van der Waals surface area contributed by atoms with Crippen molar-refractivity contribution in [1.82, 2.24) is 10.2 Å². The first-order valence-corrected chi connectivity index (χ1v) is 9.84. The van der Waals surface area contributed by atoms with E-state index in [9.17, 15) is 14.4 Å². The van der Waals surface area contributed by atoms with Gasteiger partial charge in [-0.15, -0.1) is 0 Å². The second kappa shape index (κ2) is 8.98. The van der Waals surface area contributed by atoms with Gasteiger partial charge in [-0.2, -0.15) is 0 Å². The van der Waals surface area contributed by atoms with Crippen LogP contribution in [0.25, 0.3) is 0 Å². The maximum Gasteiger partial charge on any atom is 0.262 e. The van der Waals surface area contributed by atoms with E-state index < -0.39 is 17.9 Å². The lowest BCUT2D eigenvalue weighted by Gasteiger charge is -2.28. The molecule has 0 aliphatic carbocycles. The molecule has 7 nitrogen and oxygen atoms in total. The zero-order chi connectivity index (χ0) is 21.8. The van der Waals surface area contributed by atoms with E-state index in [1.165, 1.54) is 0 Å². The lowest BCUT2D eigenvalue weighted by Crippen LogP contribution is -2.52. The van der Waals surface area contributed by atoms with Gasteiger partial charge in [-0.1, -0.05) is 32.0 Å². The van der Waals surface area contributed by atoms with Gasteiger partial charge in [-0.3, -0.25) is 19.3 Å². The molecule has 30 heavy (non-hydrogen) atoms. The van der Waals surface area contributed by atoms with Crippen LogP contribution in [0.5, 0.6) is 11.5 Å². The Balaban J connectivity index is 1.69. The molecule has 0 saturated heterocycles. The van der Waals surface area contributed by atoms with Crippen molar-refractivity contribution >= 4 is 17.7 Å². The van der Waals surface area contributed by atoms with Crippen LogP contribution < -0.4 is 14.8 Å². The fourth-order valence-corrected chi connectivity index (χ4v) is 3.65. The molecule has 0 bridgehead atoms. The number of ether oxygens (including phenoxy) is 2. The Morgan fingerprint density at radius 3 is 2.10 bits per heavy atom. The Bertz CT molecular complexity index is 935. The highest BCUT2D eigenvalue weighted by Gasteiger charge is 2.43. The summed E-state index contributed by atoms with van der Waals surface area (Å²) in [7, 11) is 3.14. The molecule has 158 valence electrons. The van der Waals surface area contributed by atoms with Crippen molar-refractivity contribution in [2.45, 2.75) is 26.3 Å². The molecule has 3 amide bonds. The first kappa shape index (κ1) is 21.4. The summed E-state index contributed by atoms with van der Waals surface area (Å²) in [5.74, 6) is -0.176. The molecule has 1 heterocycles. The molecule has 0 unspecified atom stereocenters. The first-order valence-electron chi connectivity index (χ1n) is 9.84. The second-order valence-electron chi connectivity index (χ2n) is 7.45. The summed E-state index contributed by atoms with van der Waals surface area (Å²) in [5.41, 5.74) is 1.65. The van der Waals surface area contributed by atoms with E-state index in [4.69, 9.17) is 9.47 Å². The van der Waals surface area contributed by atoms with Gasteiger partial charge >= 0.3 is 0 Å².